The van der Waals surface area contributed by atoms with Crippen LogP contribution in [-0.4, -0.2) is 57.9 Å². The number of aromatic hydroxyl groups is 1. The molecule has 0 unspecified atom stereocenters. The summed E-state index contributed by atoms with van der Waals surface area (Å²) in [6.45, 7) is 2.75. The van der Waals surface area contributed by atoms with Crippen molar-refractivity contribution in [3.8, 4) is 11.5 Å². The quantitative estimate of drug-likeness (QED) is 0.347. The summed E-state index contributed by atoms with van der Waals surface area (Å²) in [5, 5.41) is 13.1. The molecule has 2 rings (SSSR count). The Morgan fingerprint density at radius 2 is 1.96 bits per heavy atom. The normalized spacial score (nSPS) is 10.8. The number of phenolic OH excluding ortho intramolecular Hbond substituents is 1. The van der Waals surface area contributed by atoms with Crippen LogP contribution in [0.2, 0.25) is 0 Å². The van der Waals surface area contributed by atoms with E-state index in [-0.39, 0.29) is 47.1 Å². The van der Waals surface area contributed by atoms with E-state index >= 15 is 0 Å². The minimum absolute atomic E-state index is 0.0894. The number of amides is 1. The Bertz CT molecular complexity index is 919. The number of nitrogens with one attached hydrogen (secondary N) is 1. The number of carbonyl (C=O) groups is 2. The van der Waals surface area contributed by atoms with E-state index in [1.807, 2.05) is 0 Å². The molecule has 9 heteroatoms. The molecule has 1 heterocycles. The number of carbonyl (C=O) groups excluding carboxylic acids is 2. The van der Waals surface area contributed by atoms with Crippen molar-refractivity contribution in [3.05, 3.63) is 33.2 Å². The lowest BCUT2D eigenvalue weighted by molar-refractivity contribution is -0.120. The van der Waals surface area contributed by atoms with Gasteiger partial charge in [0.05, 0.1) is 36.1 Å². The number of aryl methyl sites for hydroxylation is 1. The summed E-state index contributed by atoms with van der Waals surface area (Å²) in [7, 11) is 3.03. The lowest BCUT2D eigenvalue weighted by Gasteiger charge is -2.15. The molecule has 0 radical (unpaired) electrons. The smallest absolute Gasteiger partial charge is 0.340 e. The van der Waals surface area contributed by atoms with Crippen LogP contribution in [-0.2, 0) is 20.7 Å². The predicted molar refractivity (Wildman–Crippen MR) is 100 cm³/mol. The van der Waals surface area contributed by atoms with E-state index in [4.69, 9.17) is 18.6 Å². The highest BCUT2D eigenvalue weighted by Gasteiger charge is 2.22. The van der Waals surface area contributed by atoms with Crippen LogP contribution < -0.4 is 15.7 Å². The van der Waals surface area contributed by atoms with Crippen molar-refractivity contribution < 1.29 is 33.3 Å². The number of rotatable bonds is 10. The number of hydrogen-bond acceptors (Lipinski definition) is 8. The number of benzene rings is 1. The van der Waals surface area contributed by atoms with Gasteiger partial charge in [0, 0.05) is 26.8 Å². The molecular formula is C19H23NO8. The summed E-state index contributed by atoms with van der Waals surface area (Å²) < 4.78 is 20.7. The van der Waals surface area contributed by atoms with Crippen molar-refractivity contribution in [2.24, 2.45) is 0 Å². The highest BCUT2D eigenvalue weighted by atomic mass is 16.5. The number of aldehydes is 1. The summed E-state index contributed by atoms with van der Waals surface area (Å²) >= 11 is 0. The Balaban J connectivity index is 2.54. The summed E-state index contributed by atoms with van der Waals surface area (Å²) in [5.41, 5.74) is -0.438. The summed E-state index contributed by atoms with van der Waals surface area (Å²) in [4.78, 5) is 35.9. The number of methoxy groups -OCH3 is 2. The highest BCUT2D eigenvalue weighted by Crippen LogP contribution is 2.36. The van der Waals surface area contributed by atoms with Crippen molar-refractivity contribution in [1.82, 2.24) is 5.32 Å². The molecule has 1 aromatic heterocycles. The monoisotopic (exact) mass is 393 g/mol. The van der Waals surface area contributed by atoms with Gasteiger partial charge in [-0.25, -0.2) is 4.79 Å². The van der Waals surface area contributed by atoms with E-state index in [1.54, 1.807) is 6.92 Å². The third-order valence-corrected chi connectivity index (χ3v) is 4.16. The van der Waals surface area contributed by atoms with Crippen molar-refractivity contribution in [2.45, 2.75) is 13.3 Å². The third kappa shape index (κ3) is 4.68. The van der Waals surface area contributed by atoms with Crippen LogP contribution >= 0.6 is 0 Å². The van der Waals surface area contributed by atoms with Crippen LogP contribution in [0.15, 0.2) is 15.3 Å². The molecule has 9 nitrogen and oxygen atoms in total. The fraction of sp³-hybridized carbons (Fsp3) is 0.421. The van der Waals surface area contributed by atoms with E-state index in [0.717, 1.165) is 0 Å². The van der Waals surface area contributed by atoms with Crippen molar-refractivity contribution >= 4 is 23.2 Å². The number of fused-ring (bicyclic) bond motifs is 1. The van der Waals surface area contributed by atoms with E-state index in [9.17, 15) is 19.5 Å². The zero-order valence-corrected chi connectivity index (χ0v) is 16.0. The Hall–Kier alpha value is -2.91. The average molecular weight is 393 g/mol. The largest absolute Gasteiger partial charge is 0.507 e. The van der Waals surface area contributed by atoms with Gasteiger partial charge in [0.25, 0.3) is 0 Å². The van der Waals surface area contributed by atoms with Gasteiger partial charge in [0.2, 0.25) is 5.91 Å². The minimum atomic E-state index is -0.761. The average Bonchev–Trinajstić information content (AvgIpc) is 2.65. The molecule has 0 saturated heterocycles. The molecule has 0 aliphatic rings. The van der Waals surface area contributed by atoms with Gasteiger partial charge in [-0.2, -0.15) is 0 Å². The molecule has 28 heavy (non-hydrogen) atoms. The zero-order valence-electron chi connectivity index (χ0n) is 16.0. The lowest BCUT2D eigenvalue weighted by Crippen LogP contribution is -2.30. The second-order valence-electron chi connectivity index (χ2n) is 5.98. The topological polar surface area (TPSA) is 124 Å². The molecule has 1 amide bonds. The molecule has 152 valence electrons. The second kappa shape index (κ2) is 9.86. The van der Waals surface area contributed by atoms with Crippen LogP contribution in [0, 0.1) is 6.92 Å². The third-order valence-electron chi connectivity index (χ3n) is 4.16. The Morgan fingerprint density at radius 1 is 1.25 bits per heavy atom. The van der Waals surface area contributed by atoms with Gasteiger partial charge < -0.3 is 29.1 Å². The number of ether oxygens (including phenoxy) is 3. The lowest BCUT2D eigenvalue weighted by atomic mass is 10.00. The van der Waals surface area contributed by atoms with Gasteiger partial charge in [-0.05, 0) is 12.5 Å². The van der Waals surface area contributed by atoms with Gasteiger partial charge >= 0.3 is 5.63 Å². The number of hydrogen-bond donors (Lipinski definition) is 2. The molecular weight excluding hydrogens is 370 g/mol. The van der Waals surface area contributed by atoms with Gasteiger partial charge in [-0.3, -0.25) is 9.59 Å². The molecule has 0 aliphatic heterocycles. The summed E-state index contributed by atoms with van der Waals surface area (Å²) in [6, 6.07) is 1.27. The van der Waals surface area contributed by atoms with E-state index in [1.165, 1.54) is 20.3 Å². The van der Waals surface area contributed by atoms with Crippen molar-refractivity contribution in [3.63, 3.8) is 0 Å². The van der Waals surface area contributed by atoms with E-state index in [0.29, 0.717) is 37.0 Å². The van der Waals surface area contributed by atoms with E-state index in [2.05, 4.69) is 5.32 Å². The molecule has 0 atom stereocenters. The number of phenols is 1. The molecule has 0 spiro atoms. The zero-order chi connectivity index (χ0) is 20.7. The first-order valence-corrected chi connectivity index (χ1v) is 8.59. The molecule has 1 aromatic carbocycles. The first-order chi connectivity index (χ1) is 13.4. The molecule has 0 saturated carbocycles. The van der Waals surface area contributed by atoms with Crippen LogP contribution in [0.4, 0.5) is 0 Å². The first-order valence-electron chi connectivity index (χ1n) is 8.59. The maximum Gasteiger partial charge on any atom is 0.340 e. The highest BCUT2D eigenvalue weighted by molar-refractivity contribution is 6.02. The molecule has 2 N–H and O–H groups in total. The van der Waals surface area contributed by atoms with E-state index < -0.39 is 5.63 Å². The Morgan fingerprint density at radius 3 is 2.61 bits per heavy atom. The van der Waals surface area contributed by atoms with Gasteiger partial charge in [0.15, 0.2) is 11.9 Å². The fourth-order valence-electron chi connectivity index (χ4n) is 2.74. The molecule has 0 bridgehead atoms. The summed E-state index contributed by atoms with van der Waals surface area (Å²) in [5.74, 6) is -0.525. The van der Waals surface area contributed by atoms with Crippen LogP contribution in [0.5, 0.6) is 11.5 Å². The SMILES string of the molecule is COCCNC(=O)Cc1c(C)c2c(OCCOC)cc(O)c(C=O)c2oc1=O. The molecule has 2 aromatic rings. The predicted octanol–water partition coefficient (Wildman–Crippen LogP) is 0.950. The van der Waals surface area contributed by atoms with Crippen molar-refractivity contribution in [1.29, 1.82) is 0 Å². The minimum Gasteiger partial charge on any atom is -0.507 e. The van der Waals surface area contributed by atoms with Crippen LogP contribution in [0.25, 0.3) is 11.0 Å². The van der Waals surface area contributed by atoms with Gasteiger partial charge in [0.1, 0.15) is 18.1 Å². The van der Waals surface area contributed by atoms with Gasteiger partial charge in [-0.1, -0.05) is 0 Å². The van der Waals surface area contributed by atoms with Crippen LogP contribution in [0.1, 0.15) is 21.5 Å². The Labute approximate surface area is 161 Å². The molecule has 0 aliphatic carbocycles. The molecule has 0 fully saturated rings. The summed E-state index contributed by atoms with van der Waals surface area (Å²) in [6.07, 6.45) is 0.193. The maximum atomic E-state index is 12.4. The first kappa shape index (κ1) is 21.4. The second-order valence-corrected chi connectivity index (χ2v) is 5.98. The van der Waals surface area contributed by atoms with Crippen LogP contribution in [0.3, 0.4) is 0 Å². The van der Waals surface area contributed by atoms with Gasteiger partial charge in [-0.15, -0.1) is 0 Å². The maximum absolute atomic E-state index is 12.4. The Kier molecular flexibility index (Phi) is 7.53. The fourth-order valence-corrected chi connectivity index (χ4v) is 2.74. The standard InChI is InChI=1S/C19H23NO8/c1-11-12(8-16(23)20-4-5-25-2)19(24)28-18-13(10-21)14(22)9-15(17(11)18)27-7-6-26-3/h9-10,22H,4-8H2,1-3H3,(H,20,23). The van der Waals surface area contributed by atoms with Crippen molar-refractivity contribution in [2.75, 3.05) is 40.6 Å².